The minimum atomic E-state index is -0.527. The maximum absolute atomic E-state index is 12.4. The summed E-state index contributed by atoms with van der Waals surface area (Å²) in [6.45, 7) is 1.90. The van der Waals surface area contributed by atoms with Crippen molar-refractivity contribution in [3.8, 4) is 28.7 Å². The van der Waals surface area contributed by atoms with Crippen molar-refractivity contribution in [2.45, 2.75) is 6.92 Å². The average molecular weight is 431 g/mol. The summed E-state index contributed by atoms with van der Waals surface area (Å²) < 4.78 is 20.9. The van der Waals surface area contributed by atoms with Crippen LogP contribution in [0.25, 0.3) is 0 Å². The first-order valence-corrected chi connectivity index (χ1v) is 9.29. The zero-order valence-corrected chi connectivity index (χ0v) is 17.7. The van der Waals surface area contributed by atoms with Gasteiger partial charge in [-0.05, 0) is 42.8 Å². The van der Waals surface area contributed by atoms with Crippen molar-refractivity contribution in [2.75, 3.05) is 34.5 Å². The Balaban J connectivity index is 1.95. The van der Waals surface area contributed by atoms with Crippen LogP contribution in [0.5, 0.6) is 28.7 Å². The number of rotatable bonds is 10. The van der Waals surface area contributed by atoms with Crippen molar-refractivity contribution >= 4 is 18.0 Å². The molecule has 0 saturated carbocycles. The van der Waals surface area contributed by atoms with E-state index in [2.05, 4.69) is 15.8 Å². The number of hydrogen-bond acceptors (Lipinski definition) is 8. The van der Waals surface area contributed by atoms with Gasteiger partial charge in [0.05, 0.1) is 40.7 Å². The highest BCUT2D eigenvalue weighted by atomic mass is 16.5. The molecular weight excluding hydrogens is 406 g/mol. The molecule has 0 bridgehead atoms. The molecule has 2 amide bonds. The van der Waals surface area contributed by atoms with Gasteiger partial charge in [-0.2, -0.15) is 5.10 Å². The summed E-state index contributed by atoms with van der Waals surface area (Å²) >= 11 is 0. The summed E-state index contributed by atoms with van der Waals surface area (Å²) in [6, 6.07) is 7.62. The Morgan fingerprint density at radius 3 is 2.29 bits per heavy atom. The third-order valence-corrected chi connectivity index (χ3v) is 4.02. The van der Waals surface area contributed by atoms with Crippen LogP contribution in [0.4, 0.5) is 0 Å². The van der Waals surface area contributed by atoms with E-state index in [1.54, 1.807) is 19.1 Å². The lowest BCUT2D eigenvalue weighted by Crippen LogP contribution is -2.34. The highest BCUT2D eigenvalue weighted by Gasteiger charge is 2.17. The molecule has 10 nitrogen and oxygen atoms in total. The fourth-order valence-corrected chi connectivity index (χ4v) is 2.58. The molecule has 2 rings (SSSR count). The number of aromatic hydroxyl groups is 1. The van der Waals surface area contributed by atoms with Crippen molar-refractivity contribution < 1.29 is 33.6 Å². The van der Waals surface area contributed by atoms with Crippen LogP contribution in [0, 0.1) is 0 Å². The minimum Gasteiger partial charge on any atom is -0.504 e. The molecule has 0 aliphatic heterocycles. The summed E-state index contributed by atoms with van der Waals surface area (Å²) in [6.07, 6.45) is 1.39. The number of carbonyl (C=O) groups excluding carboxylic acids is 2. The van der Waals surface area contributed by atoms with Crippen LogP contribution >= 0.6 is 0 Å². The van der Waals surface area contributed by atoms with Gasteiger partial charge in [-0.25, -0.2) is 5.43 Å². The third-order valence-electron chi connectivity index (χ3n) is 4.02. The third kappa shape index (κ3) is 6.26. The summed E-state index contributed by atoms with van der Waals surface area (Å²) in [7, 11) is 4.34. The van der Waals surface area contributed by atoms with Gasteiger partial charge in [0.15, 0.2) is 23.0 Å². The number of hydrazone groups is 1. The Morgan fingerprint density at radius 1 is 1.03 bits per heavy atom. The highest BCUT2D eigenvalue weighted by molar-refractivity contribution is 5.97. The van der Waals surface area contributed by atoms with Gasteiger partial charge < -0.3 is 29.4 Å². The summed E-state index contributed by atoms with van der Waals surface area (Å²) in [5.74, 6) is 0.296. The van der Waals surface area contributed by atoms with Crippen LogP contribution in [0.2, 0.25) is 0 Å². The van der Waals surface area contributed by atoms with Crippen LogP contribution in [-0.4, -0.2) is 57.6 Å². The number of carbonyl (C=O) groups is 2. The molecule has 0 heterocycles. The van der Waals surface area contributed by atoms with Crippen molar-refractivity contribution in [1.82, 2.24) is 10.7 Å². The molecule has 2 aromatic carbocycles. The summed E-state index contributed by atoms with van der Waals surface area (Å²) in [4.78, 5) is 24.4. The average Bonchev–Trinajstić information content (AvgIpc) is 2.78. The molecule has 3 N–H and O–H groups in total. The Morgan fingerprint density at radius 2 is 1.71 bits per heavy atom. The van der Waals surface area contributed by atoms with Crippen molar-refractivity contribution in [1.29, 1.82) is 0 Å². The van der Waals surface area contributed by atoms with Gasteiger partial charge in [-0.1, -0.05) is 0 Å². The van der Waals surface area contributed by atoms with Crippen LogP contribution in [-0.2, 0) is 4.79 Å². The Bertz CT molecular complexity index is 935. The van der Waals surface area contributed by atoms with E-state index in [1.807, 2.05) is 0 Å². The van der Waals surface area contributed by atoms with Gasteiger partial charge >= 0.3 is 0 Å². The van der Waals surface area contributed by atoms with E-state index >= 15 is 0 Å². The first kappa shape index (κ1) is 23.3. The molecule has 2 aromatic rings. The maximum Gasteiger partial charge on any atom is 0.259 e. The summed E-state index contributed by atoms with van der Waals surface area (Å²) in [5.41, 5.74) is 3.16. The fraction of sp³-hybridized carbons (Fsp3) is 0.286. The molecule has 166 valence electrons. The van der Waals surface area contributed by atoms with E-state index in [4.69, 9.17) is 18.9 Å². The first-order valence-electron chi connectivity index (χ1n) is 9.29. The lowest BCUT2D eigenvalue weighted by molar-refractivity contribution is -0.120. The zero-order chi connectivity index (χ0) is 22.8. The Hall–Kier alpha value is -3.95. The highest BCUT2D eigenvalue weighted by Crippen LogP contribution is 2.38. The molecule has 0 atom stereocenters. The number of amides is 2. The second kappa shape index (κ2) is 11.3. The smallest absolute Gasteiger partial charge is 0.259 e. The van der Waals surface area contributed by atoms with Gasteiger partial charge in [0.1, 0.15) is 0 Å². The molecule has 0 aliphatic carbocycles. The monoisotopic (exact) mass is 431 g/mol. The molecule has 0 aliphatic rings. The second-order valence-corrected chi connectivity index (χ2v) is 6.05. The molecule has 0 radical (unpaired) electrons. The topological polar surface area (TPSA) is 128 Å². The van der Waals surface area contributed by atoms with E-state index in [1.165, 1.54) is 45.7 Å². The molecular formula is C21H25N3O7. The quantitative estimate of drug-likeness (QED) is 0.386. The predicted octanol–water partition coefficient (Wildman–Crippen LogP) is 1.70. The standard InChI is InChI=1S/C21H25N3O7/c1-5-31-16-8-13(6-7-15(16)25)11-23-24-19(26)12-22-21(27)14-9-17(28-2)20(30-4)18(10-14)29-3/h6-11,25H,5,12H2,1-4H3,(H,22,27)(H,24,26). The molecule has 0 fully saturated rings. The predicted molar refractivity (Wildman–Crippen MR) is 113 cm³/mol. The van der Waals surface area contributed by atoms with Gasteiger partial charge in [-0.3, -0.25) is 9.59 Å². The van der Waals surface area contributed by atoms with Crippen LogP contribution in [0.1, 0.15) is 22.8 Å². The first-order chi connectivity index (χ1) is 14.9. The minimum absolute atomic E-state index is 0.0116. The zero-order valence-electron chi connectivity index (χ0n) is 17.7. The van der Waals surface area contributed by atoms with Crippen LogP contribution in [0.3, 0.4) is 0 Å². The summed E-state index contributed by atoms with van der Waals surface area (Å²) in [5, 5.41) is 16.0. The van der Waals surface area contributed by atoms with Crippen molar-refractivity contribution in [3.63, 3.8) is 0 Å². The fourth-order valence-electron chi connectivity index (χ4n) is 2.58. The van der Waals surface area contributed by atoms with Crippen molar-refractivity contribution in [2.24, 2.45) is 5.10 Å². The number of nitrogens with one attached hydrogen (secondary N) is 2. The molecule has 0 spiro atoms. The Labute approximate surface area is 179 Å². The van der Waals surface area contributed by atoms with E-state index in [0.717, 1.165) is 0 Å². The molecule has 31 heavy (non-hydrogen) atoms. The SMILES string of the molecule is CCOc1cc(C=NNC(=O)CNC(=O)c2cc(OC)c(OC)c(OC)c2)ccc1O. The number of ether oxygens (including phenoxy) is 4. The van der Waals surface area contributed by atoms with Gasteiger partial charge in [-0.15, -0.1) is 0 Å². The van der Waals surface area contributed by atoms with Gasteiger partial charge in [0.2, 0.25) is 5.75 Å². The van der Waals surface area contributed by atoms with Gasteiger partial charge in [0, 0.05) is 5.56 Å². The number of phenols is 1. The molecule has 0 unspecified atom stereocenters. The lowest BCUT2D eigenvalue weighted by atomic mass is 10.1. The number of phenolic OH excluding ortho intramolecular Hbond substituents is 1. The largest absolute Gasteiger partial charge is 0.504 e. The molecule has 0 saturated heterocycles. The lowest BCUT2D eigenvalue weighted by Gasteiger charge is -2.14. The van der Waals surface area contributed by atoms with E-state index in [9.17, 15) is 14.7 Å². The maximum atomic E-state index is 12.4. The molecule has 0 aromatic heterocycles. The normalized spacial score (nSPS) is 10.5. The van der Waals surface area contributed by atoms with Crippen molar-refractivity contribution in [3.05, 3.63) is 41.5 Å². The molecule has 10 heteroatoms. The van der Waals surface area contributed by atoms with Crippen LogP contribution in [0.15, 0.2) is 35.4 Å². The number of benzene rings is 2. The van der Waals surface area contributed by atoms with Gasteiger partial charge in [0.25, 0.3) is 11.8 Å². The van der Waals surface area contributed by atoms with Crippen LogP contribution < -0.4 is 29.7 Å². The van der Waals surface area contributed by atoms with E-state index < -0.39 is 11.8 Å². The number of nitrogens with zero attached hydrogens (tertiary/aromatic N) is 1. The number of hydrogen-bond donors (Lipinski definition) is 3. The second-order valence-electron chi connectivity index (χ2n) is 6.05. The van der Waals surface area contributed by atoms with E-state index in [0.29, 0.717) is 35.2 Å². The Kier molecular flexibility index (Phi) is 8.50. The van der Waals surface area contributed by atoms with E-state index in [-0.39, 0.29) is 17.9 Å². The number of methoxy groups -OCH3 is 3.